The van der Waals surface area contributed by atoms with E-state index in [2.05, 4.69) is 60.4 Å². The third-order valence-electron chi connectivity index (χ3n) is 4.67. The van der Waals surface area contributed by atoms with Crippen molar-refractivity contribution in [1.29, 1.82) is 0 Å². The highest BCUT2D eigenvalue weighted by Gasteiger charge is 2.27. The van der Waals surface area contributed by atoms with Crippen molar-refractivity contribution in [1.82, 2.24) is 4.90 Å². The molecule has 0 radical (unpaired) electrons. The minimum atomic E-state index is -0.223. The van der Waals surface area contributed by atoms with Gasteiger partial charge in [0.25, 0.3) is 0 Å². The number of likely N-dealkylation sites (tertiary alicyclic amines) is 1. The molecule has 1 saturated heterocycles. The van der Waals surface area contributed by atoms with Crippen LogP contribution in [0.2, 0.25) is 0 Å². The lowest BCUT2D eigenvalue weighted by Gasteiger charge is -2.36. The number of aliphatic hydroxyl groups is 1. The highest BCUT2D eigenvalue weighted by Crippen LogP contribution is 2.23. The maximum Gasteiger partial charge on any atom is 0.0699 e. The summed E-state index contributed by atoms with van der Waals surface area (Å²) in [6.45, 7) is 4.91. The Bertz CT molecular complexity index is 578. The van der Waals surface area contributed by atoms with E-state index in [9.17, 15) is 5.11 Å². The normalized spacial score (nSPS) is 22.6. The van der Waals surface area contributed by atoms with Crippen LogP contribution >= 0.6 is 0 Å². The van der Waals surface area contributed by atoms with Crippen LogP contribution in [0.1, 0.15) is 23.1 Å². The van der Waals surface area contributed by atoms with Gasteiger partial charge in [0.2, 0.25) is 0 Å². The Balaban J connectivity index is 1.54. The van der Waals surface area contributed by atoms with Crippen molar-refractivity contribution in [3.8, 4) is 0 Å². The third-order valence-corrected chi connectivity index (χ3v) is 4.67. The molecule has 116 valence electrons. The topological polar surface area (TPSA) is 23.5 Å². The molecule has 3 rings (SSSR count). The zero-order valence-corrected chi connectivity index (χ0v) is 13.3. The fourth-order valence-corrected chi connectivity index (χ4v) is 3.30. The van der Waals surface area contributed by atoms with Crippen molar-refractivity contribution < 1.29 is 5.11 Å². The number of hydrogen-bond acceptors (Lipinski definition) is 2. The summed E-state index contributed by atoms with van der Waals surface area (Å²) in [7, 11) is 0. The molecule has 0 saturated carbocycles. The second-order valence-corrected chi connectivity index (χ2v) is 6.53. The maximum absolute atomic E-state index is 10.5. The van der Waals surface area contributed by atoms with Gasteiger partial charge in [-0.1, -0.05) is 60.2 Å². The Kier molecular flexibility index (Phi) is 4.91. The van der Waals surface area contributed by atoms with Gasteiger partial charge in [-0.2, -0.15) is 0 Å². The Morgan fingerprint density at radius 1 is 1.00 bits per heavy atom. The molecule has 0 aliphatic carbocycles. The van der Waals surface area contributed by atoms with E-state index >= 15 is 0 Å². The van der Waals surface area contributed by atoms with Gasteiger partial charge in [-0.05, 0) is 43.4 Å². The highest BCUT2D eigenvalue weighted by molar-refractivity contribution is 5.22. The second-order valence-electron chi connectivity index (χ2n) is 6.53. The number of β-amino-alcohol motifs (C(OH)–C–C–N with tert-alkyl or cyclic N) is 1. The molecule has 1 heterocycles. The summed E-state index contributed by atoms with van der Waals surface area (Å²) in [6, 6.07) is 19.2. The molecular formula is C20H25NO. The minimum absolute atomic E-state index is 0.223. The molecule has 2 aromatic carbocycles. The van der Waals surface area contributed by atoms with Gasteiger partial charge in [0.05, 0.1) is 6.10 Å². The predicted octanol–water partition coefficient (Wildman–Crippen LogP) is 3.42. The van der Waals surface area contributed by atoms with Gasteiger partial charge in [0, 0.05) is 13.1 Å². The first kappa shape index (κ1) is 15.3. The summed E-state index contributed by atoms with van der Waals surface area (Å²) < 4.78 is 0. The molecule has 0 bridgehead atoms. The van der Waals surface area contributed by atoms with Crippen molar-refractivity contribution in [3.63, 3.8) is 0 Å². The van der Waals surface area contributed by atoms with Crippen molar-refractivity contribution in [2.24, 2.45) is 5.92 Å². The molecule has 22 heavy (non-hydrogen) atoms. The number of hydrogen-bond donors (Lipinski definition) is 1. The molecule has 0 spiro atoms. The molecule has 1 aliphatic heterocycles. The Hall–Kier alpha value is -1.64. The quantitative estimate of drug-likeness (QED) is 0.934. The van der Waals surface area contributed by atoms with Crippen LogP contribution in [0, 0.1) is 12.8 Å². The number of rotatable bonds is 4. The summed E-state index contributed by atoms with van der Waals surface area (Å²) in [5.74, 6) is 0.384. The predicted molar refractivity (Wildman–Crippen MR) is 90.7 cm³/mol. The standard InChI is InChI=1S/C20H25NO/c1-16-7-9-17(10-8-16)13-19-11-12-21(15-20(19)22)14-18-5-3-2-4-6-18/h2-10,19-20,22H,11-15H2,1H3. The number of piperidine rings is 1. The number of aliphatic hydroxyl groups excluding tert-OH is 1. The van der Waals surface area contributed by atoms with Gasteiger partial charge in [-0.3, -0.25) is 4.90 Å². The summed E-state index contributed by atoms with van der Waals surface area (Å²) in [5, 5.41) is 10.5. The minimum Gasteiger partial charge on any atom is -0.391 e. The summed E-state index contributed by atoms with van der Waals surface area (Å²) in [4.78, 5) is 2.37. The molecule has 2 unspecified atom stereocenters. The van der Waals surface area contributed by atoms with Crippen LogP contribution in [0.5, 0.6) is 0 Å². The van der Waals surface area contributed by atoms with Gasteiger partial charge in [-0.25, -0.2) is 0 Å². The van der Waals surface area contributed by atoms with Gasteiger partial charge < -0.3 is 5.11 Å². The first-order valence-corrected chi connectivity index (χ1v) is 8.20. The van der Waals surface area contributed by atoms with Crippen LogP contribution in [-0.2, 0) is 13.0 Å². The number of aryl methyl sites for hydroxylation is 1. The van der Waals surface area contributed by atoms with Crippen LogP contribution in [0.3, 0.4) is 0 Å². The van der Waals surface area contributed by atoms with Crippen molar-refractivity contribution in [2.45, 2.75) is 32.4 Å². The van der Waals surface area contributed by atoms with Gasteiger partial charge in [0.1, 0.15) is 0 Å². The average molecular weight is 295 g/mol. The Morgan fingerprint density at radius 3 is 2.41 bits per heavy atom. The SMILES string of the molecule is Cc1ccc(CC2CCN(Cc3ccccc3)CC2O)cc1. The molecule has 1 N–H and O–H groups in total. The third kappa shape index (κ3) is 3.96. The first-order valence-electron chi connectivity index (χ1n) is 8.20. The highest BCUT2D eigenvalue weighted by atomic mass is 16.3. The fourth-order valence-electron chi connectivity index (χ4n) is 3.30. The zero-order valence-electron chi connectivity index (χ0n) is 13.3. The fraction of sp³-hybridized carbons (Fsp3) is 0.400. The molecule has 0 aromatic heterocycles. The lowest BCUT2D eigenvalue weighted by Crippen LogP contribution is -2.44. The molecule has 1 aliphatic rings. The van der Waals surface area contributed by atoms with E-state index in [1.807, 2.05) is 6.07 Å². The molecule has 2 atom stereocenters. The maximum atomic E-state index is 10.5. The van der Waals surface area contributed by atoms with Gasteiger partial charge >= 0.3 is 0 Å². The summed E-state index contributed by atoms with van der Waals surface area (Å²) in [6.07, 6.45) is 1.83. The van der Waals surface area contributed by atoms with Crippen molar-refractivity contribution in [3.05, 3.63) is 71.3 Å². The lowest BCUT2D eigenvalue weighted by molar-refractivity contribution is 0.0187. The van der Waals surface area contributed by atoms with E-state index in [-0.39, 0.29) is 6.10 Å². The van der Waals surface area contributed by atoms with Crippen LogP contribution < -0.4 is 0 Å². The zero-order chi connectivity index (χ0) is 15.4. The summed E-state index contributed by atoms with van der Waals surface area (Å²) >= 11 is 0. The van der Waals surface area contributed by atoms with Gasteiger partial charge in [-0.15, -0.1) is 0 Å². The lowest BCUT2D eigenvalue weighted by atomic mass is 9.87. The van der Waals surface area contributed by atoms with Crippen LogP contribution in [0.4, 0.5) is 0 Å². The van der Waals surface area contributed by atoms with Crippen LogP contribution in [0.15, 0.2) is 54.6 Å². The van der Waals surface area contributed by atoms with E-state index in [0.717, 1.165) is 32.5 Å². The largest absolute Gasteiger partial charge is 0.391 e. The van der Waals surface area contributed by atoms with Crippen molar-refractivity contribution >= 4 is 0 Å². The first-order chi connectivity index (χ1) is 10.7. The Labute approximate surface area is 133 Å². The molecule has 1 fully saturated rings. The monoisotopic (exact) mass is 295 g/mol. The van der Waals surface area contributed by atoms with E-state index in [0.29, 0.717) is 5.92 Å². The van der Waals surface area contributed by atoms with E-state index < -0.39 is 0 Å². The van der Waals surface area contributed by atoms with E-state index in [4.69, 9.17) is 0 Å². The van der Waals surface area contributed by atoms with E-state index in [1.54, 1.807) is 0 Å². The van der Waals surface area contributed by atoms with Crippen molar-refractivity contribution in [2.75, 3.05) is 13.1 Å². The summed E-state index contributed by atoms with van der Waals surface area (Å²) in [5.41, 5.74) is 3.96. The van der Waals surface area contributed by atoms with Crippen LogP contribution in [-0.4, -0.2) is 29.2 Å². The molecular weight excluding hydrogens is 270 g/mol. The number of nitrogens with zero attached hydrogens (tertiary/aromatic N) is 1. The molecule has 2 nitrogen and oxygen atoms in total. The van der Waals surface area contributed by atoms with E-state index in [1.165, 1.54) is 16.7 Å². The average Bonchev–Trinajstić information content (AvgIpc) is 2.53. The van der Waals surface area contributed by atoms with Crippen LogP contribution in [0.25, 0.3) is 0 Å². The number of benzene rings is 2. The Morgan fingerprint density at radius 2 is 1.73 bits per heavy atom. The molecule has 0 amide bonds. The smallest absolute Gasteiger partial charge is 0.0699 e. The molecule has 2 heteroatoms. The van der Waals surface area contributed by atoms with Gasteiger partial charge in [0.15, 0.2) is 0 Å². The molecule has 2 aromatic rings. The second kappa shape index (κ2) is 7.08.